The predicted molar refractivity (Wildman–Crippen MR) is 93.7 cm³/mol. The fourth-order valence-electron chi connectivity index (χ4n) is 2.62. The third kappa shape index (κ3) is 3.74. The molecule has 0 bridgehead atoms. The minimum absolute atomic E-state index is 0.0924. The standard InChI is InChI=1S/C17H16BrN3O4/c1-10-7-12(4-5-13(10)18)21-9-11(8-15(21)22)16(23)19-20-17(24)14-3-2-6-25-14/h2-7,11H,8-9H2,1H3,(H,19,23)(H,20,24)/t11-/m0/s1. The Balaban J connectivity index is 1.60. The van der Waals surface area contributed by atoms with E-state index in [9.17, 15) is 14.4 Å². The van der Waals surface area contributed by atoms with Crippen molar-refractivity contribution in [2.45, 2.75) is 13.3 Å². The Labute approximate surface area is 152 Å². The Hall–Kier alpha value is -2.61. The second-order valence-corrected chi connectivity index (χ2v) is 6.61. The van der Waals surface area contributed by atoms with E-state index >= 15 is 0 Å². The first-order chi connectivity index (χ1) is 12.0. The van der Waals surface area contributed by atoms with Crippen LogP contribution in [-0.2, 0) is 9.59 Å². The van der Waals surface area contributed by atoms with Crippen molar-refractivity contribution < 1.29 is 18.8 Å². The van der Waals surface area contributed by atoms with Crippen LogP contribution in [0.2, 0.25) is 0 Å². The van der Waals surface area contributed by atoms with Crippen molar-refractivity contribution >= 4 is 39.3 Å². The number of anilines is 1. The molecular formula is C17H16BrN3O4. The Morgan fingerprint density at radius 1 is 1.28 bits per heavy atom. The van der Waals surface area contributed by atoms with E-state index in [1.54, 1.807) is 11.0 Å². The Kier molecular flexibility index (Phi) is 4.89. The zero-order chi connectivity index (χ0) is 18.0. The van der Waals surface area contributed by atoms with Crippen molar-refractivity contribution in [3.63, 3.8) is 0 Å². The summed E-state index contributed by atoms with van der Waals surface area (Å²) < 4.78 is 5.89. The lowest BCUT2D eigenvalue weighted by atomic mass is 10.1. The van der Waals surface area contributed by atoms with Gasteiger partial charge in [-0.25, -0.2) is 0 Å². The molecule has 130 valence electrons. The van der Waals surface area contributed by atoms with Gasteiger partial charge in [0.25, 0.3) is 0 Å². The van der Waals surface area contributed by atoms with Gasteiger partial charge < -0.3 is 9.32 Å². The summed E-state index contributed by atoms with van der Waals surface area (Å²) in [6.45, 7) is 2.20. The number of hydrazine groups is 1. The Morgan fingerprint density at radius 3 is 2.76 bits per heavy atom. The number of carbonyl (C=O) groups excluding carboxylic acids is 3. The SMILES string of the molecule is Cc1cc(N2C[C@@H](C(=O)NNC(=O)c3ccco3)CC2=O)ccc1Br. The molecule has 0 radical (unpaired) electrons. The van der Waals surface area contributed by atoms with Crippen molar-refractivity contribution in [1.29, 1.82) is 0 Å². The molecule has 1 aromatic heterocycles. The first kappa shape index (κ1) is 17.2. The Morgan fingerprint density at radius 2 is 2.08 bits per heavy atom. The first-order valence-electron chi connectivity index (χ1n) is 7.66. The van der Waals surface area contributed by atoms with Crippen molar-refractivity contribution in [3.8, 4) is 0 Å². The fraction of sp³-hybridized carbons (Fsp3) is 0.235. The number of nitrogens with zero attached hydrogens (tertiary/aromatic N) is 1. The number of furan rings is 1. The number of carbonyl (C=O) groups is 3. The molecule has 2 N–H and O–H groups in total. The van der Waals surface area contributed by atoms with Crippen LogP contribution in [0.4, 0.5) is 5.69 Å². The highest BCUT2D eigenvalue weighted by atomic mass is 79.9. The molecule has 3 amide bonds. The molecule has 0 aliphatic carbocycles. The molecule has 25 heavy (non-hydrogen) atoms. The van der Waals surface area contributed by atoms with Crippen LogP contribution in [0, 0.1) is 12.8 Å². The highest BCUT2D eigenvalue weighted by Crippen LogP contribution is 2.28. The average molecular weight is 406 g/mol. The van der Waals surface area contributed by atoms with E-state index in [1.165, 1.54) is 12.3 Å². The van der Waals surface area contributed by atoms with Gasteiger partial charge in [0.1, 0.15) is 0 Å². The summed E-state index contributed by atoms with van der Waals surface area (Å²) in [6.07, 6.45) is 1.46. The second-order valence-electron chi connectivity index (χ2n) is 5.76. The molecule has 2 aromatic rings. The molecule has 3 rings (SSSR count). The minimum Gasteiger partial charge on any atom is -0.459 e. The maximum absolute atomic E-state index is 12.2. The van der Waals surface area contributed by atoms with Gasteiger partial charge in [-0.2, -0.15) is 0 Å². The predicted octanol–water partition coefficient (Wildman–Crippen LogP) is 2.16. The molecular weight excluding hydrogens is 390 g/mol. The van der Waals surface area contributed by atoms with Gasteiger partial charge in [-0.15, -0.1) is 0 Å². The lowest BCUT2D eigenvalue weighted by molar-refractivity contribution is -0.126. The molecule has 0 spiro atoms. The number of amides is 3. The Bertz CT molecular complexity index is 819. The highest BCUT2D eigenvalue weighted by molar-refractivity contribution is 9.10. The van der Waals surface area contributed by atoms with E-state index in [4.69, 9.17) is 4.42 Å². The molecule has 8 heteroatoms. The number of hydrogen-bond acceptors (Lipinski definition) is 4. The smallest absolute Gasteiger partial charge is 0.305 e. The van der Waals surface area contributed by atoms with Gasteiger partial charge in [-0.3, -0.25) is 25.2 Å². The summed E-state index contributed by atoms with van der Waals surface area (Å²) in [6, 6.07) is 8.65. The van der Waals surface area contributed by atoms with Gasteiger partial charge in [0.05, 0.1) is 12.2 Å². The zero-order valence-electron chi connectivity index (χ0n) is 13.4. The molecule has 7 nitrogen and oxygen atoms in total. The van der Waals surface area contributed by atoms with E-state index < -0.39 is 17.7 Å². The normalized spacial score (nSPS) is 16.8. The number of rotatable bonds is 3. The second kappa shape index (κ2) is 7.10. The van der Waals surface area contributed by atoms with Crippen LogP contribution in [0.15, 0.2) is 45.5 Å². The molecule has 0 saturated carbocycles. The van der Waals surface area contributed by atoms with Crippen molar-refractivity contribution in [3.05, 3.63) is 52.4 Å². The molecule has 0 unspecified atom stereocenters. The van der Waals surface area contributed by atoms with Crippen LogP contribution >= 0.6 is 15.9 Å². The third-order valence-electron chi connectivity index (χ3n) is 3.99. The highest BCUT2D eigenvalue weighted by Gasteiger charge is 2.35. The lowest BCUT2D eigenvalue weighted by Gasteiger charge is -2.17. The summed E-state index contributed by atoms with van der Waals surface area (Å²) >= 11 is 3.42. The van der Waals surface area contributed by atoms with Crippen molar-refractivity contribution in [2.24, 2.45) is 5.92 Å². The van der Waals surface area contributed by atoms with Gasteiger partial charge >= 0.3 is 5.91 Å². The maximum Gasteiger partial charge on any atom is 0.305 e. The zero-order valence-corrected chi connectivity index (χ0v) is 15.0. The van der Waals surface area contributed by atoms with Gasteiger partial charge in [0.2, 0.25) is 11.8 Å². The van der Waals surface area contributed by atoms with Crippen LogP contribution in [0.25, 0.3) is 0 Å². The number of halogens is 1. The topological polar surface area (TPSA) is 91.7 Å². The monoisotopic (exact) mass is 405 g/mol. The van der Waals surface area contributed by atoms with Gasteiger partial charge in [-0.05, 0) is 42.8 Å². The minimum atomic E-state index is -0.553. The molecule has 1 aliphatic rings. The van der Waals surface area contributed by atoms with Crippen molar-refractivity contribution in [1.82, 2.24) is 10.9 Å². The molecule has 1 saturated heterocycles. The summed E-state index contributed by atoms with van der Waals surface area (Å²) in [4.78, 5) is 37.8. The van der Waals surface area contributed by atoms with Gasteiger partial charge in [0.15, 0.2) is 5.76 Å². The molecule has 1 aromatic carbocycles. The first-order valence-corrected chi connectivity index (χ1v) is 8.45. The van der Waals surface area contributed by atoms with Crippen molar-refractivity contribution in [2.75, 3.05) is 11.4 Å². The molecule has 1 atom stereocenters. The third-order valence-corrected chi connectivity index (χ3v) is 4.88. The molecule has 1 aliphatic heterocycles. The fourth-order valence-corrected chi connectivity index (χ4v) is 2.87. The quantitative estimate of drug-likeness (QED) is 0.765. The van der Waals surface area contributed by atoms with Crippen LogP contribution in [0.3, 0.4) is 0 Å². The summed E-state index contributed by atoms with van der Waals surface area (Å²) in [7, 11) is 0. The van der Waals surface area contributed by atoms with E-state index in [0.29, 0.717) is 0 Å². The van der Waals surface area contributed by atoms with Crippen LogP contribution < -0.4 is 15.8 Å². The number of benzene rings is 1. The van der Waals surface area contributed by atoms with Crippen LogP contribution in [0.5, 0.6) is 0 Å². The van der Waals surface area contributed by atoms with E-state index in [-0.39, 0.29) is 24.6 Å². The van der Waals surface area contributed by atoms with E-state index in [0.717, 1.165) is 15.7 Å². The largest absolute Gasteiger partial charge is 0.459 e. The van der Waals surface area contributed by atoms with E-state index in [1.807, 2.05) is 25.1 Å². The number of nitrogens with one attached hydrogen (secondary N) is 2. The average Bonchev–Trinajstić information content (AvgIpc) is 3.24. The van der Waals surface area contributed by atoms with Gasteiger partial charge in [-0.1, -0.05) is 15.9 Å². The number of aryl methyl sites for hydroxylation is 1. The van der Waals surface area contributed by atoms with E-state index in [2.05, 4.69) is 26.8 Å². The summed E-state index contributed by atoms with van der Waals surface area (Å²) in [5.41, 5.74) is 6.37. The summed E-state index contributed by atoms with van der Waals surface area (Å²) in [5.74, 6) is -1.53. The summed E-state index contributed by atoms with van der Waals surface area (Å²) in [5, 5.41) is 0. The van der Waals surface area contributed by atoms with Crippen LogP contribution in [0.1, 0.15) is 22.5 Å². The molecule has 1 fully saturated rings. The van der Waals surface area contributed by atoms with Crippen LogP contribution in [-0.4, -0.2) is 24.3 Å². The maximum atomic E-state index is 12.2. The molecule has 2 heterocycles. The number of hydrogen-bond donors (Lipinski definition) is 2. The van der Waals surface area contributed by atoms with Gasteiger partial charge in [0, 0.05) is 23.1 Å². The lowest BCUT2D eigenvalue weighted by Crippen LogP contribution is -2.45.